The van der Waals surface area contributed by atoms with Crippen molar-refractivity contribution in [3.63, 3.8) is 0 Å². The maximum atomic E-state index is 12.2. The van der Waals surface area contributed by atoms with Crippen LogP contribution < -0.4 is 10.6 Å². The van der Waals surface area contributed by atoms with Gasteiger partial charge in [-0.1, -0.05) is 18.2 Å². The van der Waals surface area contributed by atoms with Crippen LogP contribution in [0.4, 0.5) is 10.7 Å². The fourth-order valence-corrected chi connectivity index (χ4v) is 4.33. The molecule has 1 heterocycles. The third-order valence-corrected chi connectivity index (χ3v) is 5.23. The SMILES string of the molecule is COC(=O)c1c(NC(=S)Nc2ccccc2)sc2c1CCCC2. The second-order valence-electron chi connectivity index (χ2n) is 5.35. The lowest BCUT2D eigenvalue weighted by molar-refractivity contribution is 0.0601. The second kappa shape index (κ2) is 7.10. The normalized spacial score (nSPS) is 13.1. The molecule has 0 aliphatic heterocycles. The van der Waals surface area contributed by atoms with Gasteiger partial charge in [-0.05, 0) is 55.6 Å². The fourth-order valence-electron chi connectivity index (χ4n) is 2.76. The summed E-state index contributed by atoms with van der Waals surface area (Å²) in [5.41, 5.74) is 2.67. The Morgan fingerprint density at radius 2 is 1.91 bits per heavy atom. The summed E-state index contributed by atoms with van der Waals surface area (Å²) in [5.74, 6) is -0.297. The van der Waals surface area contributed by atoms with E-state index in [2.05, 4.69) is 10.6 Å². The number of thiocarbonyl (C=S) groups is 1. The number of carbonyl (C=O) groups excluding carboxylic acids is 1. The molecule has 0 saturated carbocycles. The van der Waals surface area contributed by atoms with Crippen molar-refractivity contribution in [1.29, 1.82) is 0 Å². The number of fused-ring (bicyclic) bond motifs is 1. The Balaban J connectivity index is 1.83. The first-order valence-electron chi connectivity index (χ1n) is 7.55. The molecule has 0 fully saturated rings. The Bertz CT molecular complexity index is 726. The Labute approximate surface area is 144 Å². The number of esters is 1. The van der Waals surface area contributed by atoms with Gasteiger partial charge in [0.15, 0.2) is 5.11 Å². The summed E-state index contributed by atoms with van der Waals surface area (Å²) >= 11 is 6.98. The van der Waals surface area contributed by atoms with Crippen molar-refractivity contribution in [2.75, 3.05) is 17.7 Å². The highest BCUT2D eigenvalue weighted by atomic mass is 32.1. The van der Waals surface area contributed by atoms with Crippen LogP contribution in [0.5, 0.6) is 0 Å². The Hall–Kier alpha value is -1.92. The summed E-state index contributed by atoms with van der Waals surface area (Å²) in [6.45, 7) is 0. The minimum atomic E-state index is -0.297. The average molecular weight is 346 g/mol. The zero-order chi connectivity index (χ0) is 16.2. The molecular weight excluding hydrogens is 328 g/mol. The molecule has 0 atom stereocenters. The summed E-state index contributed by atoms with van der Waals surface area (Å²) in [6, 6.07) is 9.71. The van der Waals surface area contributed by atoms with E-state index in [9.17, 15) is 4.79 Å². The molecule has 0 unspecified atom stereocenters. The second-order valence-corrected chi connectivity index (χ2v) is 6.87. The van der Waals surface area contributed by atoms with Crippen LogP contribution in [0.3, 0.4) is 0 Å². The van der Waals surface area contributed by atoms with Crippen LogP contribution in [0.1, 0.15) is 33.6 Å². The molecule has 1 aliphatic carbocycles. The van der Waals surface area contributed by atoms with Crippen molar-refractivity contribution in [1.82, 2.24) is 0 Å². The number of carbonyl (C=O) groups is 1. The smallest absolute Gasteiger partial charge is 0.341 e. The molecule has 1 aromatic carbocycles. The summed E-state index contributed by atoms with van der Waals surface area (Å²) in [6.07, 6.45) is 4.22. The van der Waals surface area contributed by atoms with Crippen LogP contribution in [0.2, 0.25) is 0 Å². The maximum Gasteiger partial charge on any atom is 0.341 e. The van der Waals surface area contributed by atoms with Crippen molar-refractivity contribution in [3.05, 3.63) is 46.3 Å². The van der Waals surface area contributed by atoms with Crippen LogP contribution in [0, 0.1) is 0 Å². The van der Waals surface area contributed by atoms with Gasteiger partial charge in [0.25, 0.3) is 0 Å². The zero-order valence-electron chi connectivity index (χ0n) is 12.8. The van der Waals surface area contributed by atoms with E-state index in [1.807, 2.05) is 30.3 Å². The number of benzene rings is 1. The van der Waals surface area contributed by atoms with Gasteiger partial charge in [0.1, 0.15) is 5.00 Å². The third-order valence-electron chi connectivity index (χ3n) is 3.82. The van der Waals surface area contributed by atoms with Crippen molar-refractivity contribution in [3.8, 4) is 0 Å². The first kappa shape index (κ1) is 16.0. The van der Waals surface area contributed by atoms with E-state index >= 15 is 0 Å². The van der Waals surface area contributed by atoms with Gasteiger partial charge in [-0.3, -0.25) is 0 Å². The quantitative estimate of drug-likeness (QED) is 0.644. The number of hydrogen-bond donors (Lipinski definition) is 2. The molecule has 23 heavy (non-hydrogen) atoms. The molecular formula is C17H18N2O2S2. The molecule has 0 saturated heterocycles. The summed E-state index contributed by atoms with van der Waals surface area (Å²) in [5, 5.41) is 7.55. The van der Waals surface area contributed by atoms with Crippen LogP contribution in [0.25, 0.3) is 0 Å². The van der Waals surface area contributed by atoms with E-state index in [1.165, 1.54) is 18.4 Å². The minimum absolute atomic E-state index is 0.297. The van der Waals surface area contributed by atoms with E-state index in [4.69, 9.17) is 17.0 Å². The van der Waals surface area contributed by atoms with Crippen molar-refractivity contribution in [2.45, 2.75) is 25.7 Å². The molecule has 4 nitrogen and oxygen atoms in total. The van der Waals surface area contributed by atoms with Gasteiger partial charge in [-0.15, -0.1) is 11.3 Å². The lowest BCUT2D eigenvalue weighted by Crippen LogP contribution is -2.20. The standard InChI is InChI=1S/C17H18N2O2S2/c1-21-16(20)14-12-9-5-6-10-13(12)23-15(14)19-17(22)18-11-7-3-2-4-8-11/h2-4,7-8H,5-6,9-10H2,1H3,(H2,18,19,22). The Kier molecular flexibility index (Phi) is 4.93. The average Bonchev–Trinajstić information content (AvgIpc) is 2.92. The first-order valence-corrected chi connectivity index (χ1v) is 8.77. The predicted octanol–water partition coefficient (Wildman–Crippen LogP) is 4.22. The first-order chi connectivity index (χ1) is 11.2. The molecule has 6 heteroatoms. The van der Waals surface area contributed by atoms with Gasteiger partial charge in [0, 0.05) is 10.6 Å². The molecule has 0 bridgehead atoms. The highest BCUT2D eigenvalue weighted by Gasteiger charge is 2.26. The van der Waals surface area contributed by atoms with Gasteiger partial charge < -0.3 is 15.4 Å². The van der Waals surface area contributed by atoms with Crippen LogP contribution in [0.15, 0.2) is 30.3 Å². The fraction of sp³-hybridized carbons (Fsp3) is 0.294. The van der Waals surface area contributed by atoms with E-state index in [-0.39, 0.29) is 5.97 Å². The molecule has 1 aromatic heterocycles. The molecule has 0 spiro atoms. The monoisotopic (exact) mass is 346 g/mol. The topological polar surface area (TPSA) is 50.4 Å². The number of aryl methyl sites for hydroxylation is 1. The minimum Gasteiger partial charge on any atom is -0.465 e. The largest absolute Gasteiger partial charge is 0.465 e. The summed E-state index contributed by atoms with van der Waals surface area (Å²) in [4.78, 5) is 13.5. The van der Waals surface area contributed by atoms with Crippen LogP contribution in [-0.4, -0.2) is 18.2 Å². The zero-order valence-corrected chi connectivity index (χ0v) is 14.5. The number of rotatable bonds is 3. The number of ether oxygens (including phenoxy) is 1. The number of hydrogen-bond acceptors (Lipinski definition) is 4. The van der Waals surface area contributed by atoms with Crippen molar-refractivity contribution >= 4 is 45.3 Å². The van der Waals surface area contributed by atoms with Gasteiger partial charge >= 0.3 is 5.97 Å². The van der Waals surface area contributed by atoms with Crippen LogP contribution in [-0.2, 0) is 17.6 Å². The van der Waals surface area contributed by atoms with Crippen molar-refractivity contribution in [2.24, 2.45) is 0 Å². The van der Waals surface area contributed by atoms with E-state index in [1.54, 1.807) is 11.3 Å². The van der Waals surface area contributed by atoms with E-state index in [0.29, 0.717) is 10.7 Å². The lowest BCUT2D eigenvalue weighted by atomic mass is 9.95. The number of nitrogens with one attached hydrogen (secondary N) is 2. The molecule has 0 radical (unpaired) electrons. The van der Waals surface area contributed by atoms with E-state index < -0.39 is 0 Å². The van der Waals surface area contributed by atoms with Gasteiger partial charge in [0.2, 0.25) is 0 Å². The lowest BCUT2D eigenvalue weighted by Gasteiger charge is -2.12. The summed E-state index contributed by atoms with van der Waals surface area (Å²) < 4.78 is 4.97. The van der Waals surface area contributed by atoms with Crippen LogP contribution >= 0.6 is 23.6 Å². The third kappa shape index (κ3) is 3.54. The number of thiophene rings is 1. The highest BCUT2D eigenvalue weighted by molar-refractivity contribution is 7.80. The van der Waals surface area contributed by atoms with Crippen molar-refractivity contribution < 1.29 is 9.53 Å². The predicted molar refractivity (Wildman–Crippen MR) is 98.6 cm³/mol. The summed E-state index contributed by atoms with van der Waals surface area (Å²) in [7, 11) is 1.42. The molecule has 1 aliphatic rings. The molecule has 0 amide bonds. The molecule has 3 rings (SSSR count). The molecule has 2 aromatic rings. The van der Waals surface area contributed by atoms with E-state index in [0.717, 1.165) is 35.5 Å². The Morgan fingerprint density at radius 1 is 1.17 bits per heavy atom. The number of anilines is 2. The maximum absolute atomic E-state index is 12.2. The van der Waals surface area contributed by atoms with Gasteiger partial charge in [-0.2, -0.15) is 0 Å². The van der Waals surface area contributed by atoms with Gasteiger partial charge in [-0.25, -0.2) is 4.79 Å². The number of para-hydroxylation sites is 1. The molecule has 120 valence electrons. The van der Waals surface area contributed by atoms with Gasteiger partial charge in [0.05, 0.1) is 12.7 Å². The molecule has 2 N–H and O–H groups in total. The number of methoxy groups -OCH3 is 1. The highest BCUT2D eigenvalue weighted by Crippen LogP contribution is 2.38. The Morgan fingerprint density at radius 3 is 2.65 bits per heavy atom.